The van der Waals surface area contributed by atoms with Gasteiger partial charge in [-0.05, 0) is 43.7 Å². The molecule has 1 aromatic heterocycles. The van der Waals surface area contributed by atoms with Gasteiger partial charge in [-0.15, -0.1) is 0 Å². The molecule has 0 aliphatic carbocycles. The number of rotatable bonds is 2. The van der Waals surface area contributed by atoms with Gasteiger partial charge in [-0.3, -0.25) is 0 Å². The number of aromatic nitrogens is 1. The standard InChI is InChI=1S/C12H18N2OS/c1-2-10(13-5-1)12-14-8-11(15-12)9-3-6-16-7-4-9/h8-10,13H,1-7H2. The predicted molar refractivity (Wildman–Crippen MR) is 65.8 cm³/mol. The SMILES string of the molecule is c1nc(C2CCCN2)oc1C1CCSCC1. The summed E-state index contributed by atoms with van der Waals surface area (Å²) in [4.78, 5) is 4.44. The monoisotopic (exact) mass is 238 g/mol. The molecule has 0 aromatic carbocycles. The molecule has 3 rings (SSSR count). The maximum absolute atomic E-state index is 5.92. The highest BCUT2D eigenvalue weighted by molar-refractivity contribution is 7.99. The van der Waals surface area contributed by atoms with E-state index < -0.39 is 0 Å². The summed E-state index contributed by atoms with van der Waals surface area (Å²) in [6.07, 6.45) is 6.85. The smallest absolute Gasteiger partial charge is 0.211 e. The predicted octanol–water partition coefficient (Wildman–Crippen LogP) is 2.71. The second-order valence-electron chi connectivity index (χ2n) is 4.64. The van der Waals surface area contributed by atoms with Crippen LogP contribution in [0.25, 0.3) is 0 Å². The molecule has 0 saturated carbocycles. The van der Waals surface area contributed by atoms with Crippen molar-refractivity contribution in [1.29, 1.82) is 0 Å². The second-order valence-corrected chi connectivity index (χ2v) is 5.86. The summed E-state index contributed by atoms with van der Waals surface area (Å²) in [6, 6.07) is 0.367. The molecule has 88 valence electrons. The molecule has 3 heterocycles. The van der Waals surface area contributed by atoms with Gasteiger partial charge in [0.05, 0.1) is 12.2 Å². The third-order valence-electron chi connectivity index (χ3n) is 3.52. The van der Waals surface area contributed by atoms with E-state index in [0.29, 0.717) is 12.0 Å². The quantitative estimate of drug-likeness (QED) is 0.859. The summed E-state index contributed by atoms with van der Waals surface area (Å²) in [5.74, 6) is 5.17. The zero-order valence-electron chi connectivity index (χ0n) is 9.45. The first-order chi connectivity index (χ1) is 7.93. The maximum atomic E-state index is 5.92. The Balaban J connectivity index is 1.71. The molecular weight excluding hydrogens is 220 g/mol. The molecule has 1 atom stereocenters. The molecule has 0 amide bonds. The highest BCUT2D eigenvalue weighted by atomic mass is 32.2. The fraction of sp³-hybridized carbons (Fsp3) is 0.750. The maximum Gasteiger partial charge on any atom is 0.211 e. The Morgan fingerprint density at radius 3 is 2.94 bits per heavy atom. The summed E-state index contributed by atoms with van der Waals surface area (Å²) in [5, 5.41) is 3.43. The van der Waals surface area contributed by atoms with Gasteiger partial charge in [0.15, 0.2) is 0 Å². The number of oxazole rings is 1. The molecule has 4 heteroatoms. The van der Waals surface area contributed by atoms with Crippen molar-refractivity contribution in [3.8, 4) is 0 Å². The van der Waals surface area contributed by atoms with Gasteiger partial charge in [0.1, 0.15) is 5.76 Å². The van der Waals surface area contributed by atoms with E-state index in [4.69, 9.17) is 4.42 Å². The van der Waals surface area contributed by atoms with Crippen LogP contribution in [0.4, 0.5) is 0 Å². The van der Waals surface area contributed by atoms with E-state index in [9.17, 15) is 0 Å². The van der Waals surface area contributed by atoms with E-state index in [1.807, 2.05) is 6.20 Å². The third-order valence-corrected chi connectivity index (χ3v) is 4.57. The molecule has 2 fully saturated rings. The van der Waals surface area contributed by atoms with Crippen LogP contribution in [-0.2, 0) is 0 Å². The van der Waals surface area contributed by atoms with Gasteiger partial charge in [-0.2, -0.15) is 11.8 Å². The lowest BCUT2D eigenvalue weighted by Gasteiger charge is -2.18. The Labute approximate surface area is 100 Å². The molecule has 3 nitrogen and oxygen atoms in total. The number of hydrogen-bond acceptors (Lipinski definition) is 4. The van der Waals surface area contributed by atoms with E-state index in [0.717, 1.165) is 18.2 Å². The second kappa shape index (κ2) is 4.80. The molecule has 2 aliphatic heterocycles. The summed E-state index contributed by atoms with van der Waals surface area (Å²) in [6.45, 7) is 1.10. The first-order valence-electron chi connectivity index (χ1n) is 6.20. The van der Waals surface area contributed by atoms with E-state index in [1.165, 1.54) is 37.2 Å². The average molecular weight is 238 g/mol. The highest BCUT2D eigenvalue weighted by Crippen LogP contribution is 2.33. The van der Waals surface area contributed by atoms with Crippen LogP contribution in [0, 0.1) is 0 Å². The van der Waals surface area contributed by atoms with E-state index >= 15 is 0 Å². The van der Waals surface area contributed by atoms with Crippen molar-refractivity contribution in [2.45, 2.75) is 37.6 Å². The molecule has 2 saturated heterocycles. The summed E-state index contributed by atoms with van der Waals surface area (Å²) in [5.41, 5.74) is 0. The number of thioether (sulfide) groups is 1. The Kier molecular flexibility index (Phi) is 3.20. The zero-order valence-corrected chi connectivity index (χ0v) is 10.3. The van der Waals surface area contributed by atoms with Gasteiger partial charge in [0.2, 0.25) is 5.89 Å². The van der Waals surface area contributed by atoms with Crippen molar-refractivity contribution < 1.29 is 4.42 Å². The molecule has 16 heavy (non-hydrogen) atoms. The van der Waals surface area contributed by atoms with Crippen molar-refractivity contribution in [3.05, 3.63) is 17.8 Å². The number of nitrogens with one attached hydrogen (secondary N) is 1. The fourth-order valence-electron chi connectivity index (χ4n) is 2.53. The van der Waals surface area contributed by atoms with Gasteiger partial charge >= 0.3 is 0 Å². The fourth-order valence-corrected chi connectivity index (χ4v) is 3.63. The molecule has 1 N–H and O–H groups in total. The van der Waals surface area contributed by atoms with Crippen LogP contribution >= 0.6 is 11.8 Å². The topological polar surface area (TPSA) is 38.1 Å². The van der Waals surface area contributed by atoms with Crippen LogP contribution < -0.4 is 5.32 Å². The minimum atomic E-state index is 0.367. The van der Waals surface area contributed by atoms with Crippen LogP contribution in [0.1, 0.15) is 49.3 Å². The van der Waals surface area contributed by atoms with Gasteiger partial charge < -0.3 is 9.73 Å². The van der Waals surface area contributed by atoms with Crippen LogP contribution in [0.5, 0.6) is 0 Å². The van der Waals surface area contributed by atoms with Crippen molar-refractivity contribution in [2.75, 3.05) is 18.1 Å². The van der Waals surface area contributed by atoms with Gasteiger partial charge in [-0.25, -0.2) is 4.98 Å². The van der Waals surface area contributed by atoms with Crippen LogP contribution in [0.3, 0.4) is 0 Å². The van der Waals surface area contributed by atoms with Crippen LogP contribution in [-0.4, -0.2) is 23.0 Å². The Morgan fingerprint density at radius 1 is 1.31 bits per heavy atom. The third kappa shape index (κ3) is 2.13. The van der Waals surface area contributed by atoms with Crippen molar-refractivity contribution in [3.63, 3.8) is 0 Å². The van der Waals surface area contributed by atoms with E-state index in [1.54, 1.807) is 0 Å². The molecule has 1 aromatic rings. The van der Waals surface area contributed by atoms with Crippen LogP contribution in [0.2, 0.25) is 0 Å². The van der Waals surface area contributed by atoms with Crippen LogP contribution in [0.15, 0.2) is 10.6 Å². The molecule has 0 spiro atoms. The zero-order chi connectivity index (χ0) is 10.8. The lowest BCUT2D eigenvalue weighted by molar-refractivity contribution is 0.377. The van der Waals surface area contributed by atoms with Crippen molar-refractivity contribution >= 4 is 11.8 Å². The normalized spacial score (nSPS) is 27.4. The van der Waals surface area contributed by atoms with Gasteiger partial charge in [-0.1, -0.05) is 0 Å². The molecule has 2 aliphatic rings. The lowest BCUT2D eigenvalue weighted by atomic mass is 10.0. The minimum Gasteiger partial charge on any atom is -0.444 e. The number of nitrogens with zero attached hydrogens (tertiary/aromatic N) is 1. The van der Waals surface area contributed by atoms with Crippen molar-refractivity contribution in [2.24, 2.45) is 0 Å². The van der Waals surface area contributed by atoms with E-state index in [-0.39, 0.29) is 0 Å². The highest BCUT2D eigenvalue weighted by Gasteiger charge is 2.24. The largest absolute Gasteiger partial charge is 0.444 e. The first-order valence-corrected chi connectivity index (χ1v) is 7.36. The van der Waals surface area contributed by atoms with Gasteiger partial charge in [0.25, 0.3) is 0 Å². The first kappa shape index (κ1) is 10.7. The molecule has 1 unspecified atom stereocenters. The average Bonchev–Trinajstić information content (AvgIpc) is 3.01. The molecule has 0 bridgehead atoms. The summed E-state index contributed by atoms with van der Waals surface area (Å²) >= 11 is 2.05. The van der Waals surface area contributed by atoms with Gasteiger partial charge in [0, 0.05) is 5.92 Å². The molecule has 0 radical (unpaired) electrons. The Bertz CT molecular complexity index is 341. The Hall–Kier alpha value is -0.480. The summed E-state index contributed by atoms with van der Waals surface area (Å²) in [7, 11) is 0. The van der Waals surface area contributed by atoms with E-state index in [2.05, 4.69) is 22.1 Å². The minimum absolute atomic E-state index is 0.367. The Morgan fingerprint density at radius 2 is 2.19 bits per heavy atom. The lowest BCUT2D eigenvalue weighted by Crippen LogP contribution is -2.13. The molecular formula is C12H18N2OS. The van der Waals surface area contributed by atoms with Crippen molar-refractivity contribution in [1.82, 2.24) is 10.3 Å². The summed E-state index contributed by atoms with van der Waals surface area (Å²) < 4.78 is 5.92. The number of hydrogen-bond donors (Lipinski definition) is 1.